The largest absolute Gasteiger partial charge is 0.206 e. The molecule has 0 amide bonds. The van der Waals surface area contributed by atoms with Crippen molar-refractivity contribution in [3.8, 4) is 11.3 Å². The molecule has 1 aliphatic rings. The van der Waals surface area contributed by atoms with Crippen LogP contribution in [0.15, 0.2) is 30.3 Å². The van der Waals surface area contributed by atoms with Gasteiger partial charge in [-0.2, -0.15) is 10.2 Å². The molecule has 1 aromatic heterocycles. The molecule has 25 heavy (non-hydrogen) atoms. The molecule has 0 spiro atoms. The van der Waals surface area contributed by atoms with E-state index >= 15 is 0 Å². The quantitative estimate of drug-likeness (QED) is 0.632. The van der Waals surface area contributed by atoms with Crippen LogP contribution >= 0.6 is 0 Å². The summed E-state index contributed by atoms with van der Waals surface area (Å²) in [4.78, 5) is 0. The summed E-state index contributed by atoms with van der Waals surface area (Å²) in [6.07, 6.45) is 10.3. The number of nitrogens with zero attached hydrogens (tertiary/aromatic N) is 2. The smallest absolute Gasteiger partial charge is 0.132 e. The van der Waals surface area contributed by atoms with E-state index in [1.54, 1.807) is 6.07 Å². The monoisotopic (exact) mass is 340 g/mol. The lowest BCUT2D eigenvalue weighted by Crippen LogP contribution is -2.15. The fourth-order valence-corrected chi connectivity index (χ4v) is 4.05. The Kier molecular flexibility index (Phi) is 6.17. The molecular weight excluding hydrogens is 311 g/mol. The molecule has 0 saturated heterocycles. The van der Waals surface area contributed by atoms with Gasteiger partial charge in [-0.3, -0.25) is 0 Å². The molecule has 3 heteroatoms. The topological polar surface area (TPSA) is 25.8 Å². The summed E-state index contributed by atoms with van der Waals surface area (Å²) in [5.41, 5.74) is 3.08. The molecule has 134 valence electrons. The summed E-state index contributed by atoms with van der Waals surface area (Å²) in [7, 11) is 0. The second-order valence-electron chi connectivity index (χ2n) is 7.59. The summed E-state index contributed by atoms with van der Waals surface area (Å²) in [6, 6.07) is 9.27. The van der Waals surface area contributed by atoms with E-state index in [0.717, 1.165) is 29.5 Å². The number of benzene rings is 1. The van der Waals surface area contributed by atoms with E-state index < -0.39 is 0 Å². The highest BCUT2D eigenvalue weighted by Gasteiger charge is 2.20. The van der Waals surface area contributed by atoms with E-state index in [4.69, 9.17) is 0 Å². The first kappa shape index (κ1) is 18.0. The Morgan fingerprint density at radius 3 is 2.28 bits per heavy atom. The van der Waals surface area contributed by atoms with Gasteiger partial charge in [-0.1, -0.05) is 51.5 Å². The van der Waals surface area contributed by atoms with Crippen LogP contribution in [0.3, 0.4) is 0 Å². The number of aromatic nitrogens is 2. The minimum atomic E-state index is -0.192. The molecule has 1 saturated carbocycles. The number of rotatable bonds is 6. The highest BCUT2D eigenvalue weighted by atomic mass is 19.1. The maximum Gasteiger partial charge on any atom is 0.132 e. The van der Waals surface area contributed by atoms with E-state index in [0.29, 0.717) is 11.3 Å². The van der Waals surface area contributed by atoms with E-state index in [-0.39, 0.29) is 5.82 Å². The van der Waals surface area contributed by atoms with Gasteiger partial charge in [0.1, 0.15) is 5.82 Å². The first-order chi connectivity index (χ1) is 12.2. The number of halogens is 1. The van der Waals surface area contributed by atoms with Gasteiger partial charge >= 0.3 is 0 Å². The fraction of sp³-hybridized carbons (Fsp3) is 0.545. The third-order valence-electron chi connectivity index (χ3n) is 5.61. The molecule has 1 aliphatic carbocycles. The van der Waals surface area contributed by atoms with Gasteiger partial charge in [-0.25, -0.2) is 4.39 Å². The van der Waals surface area contributed by atoms with Crippen LogP contribution in [0, 0.1) is 24.6 Å². The lowest BCUT2D eigenvalue weighted by atomic mass is 9.78. The van der Waals surface area contributed by atoms with Crippen LogP contribution in [0.2, 0.25) is 0 Å². The van der Waals surface area contributed by atoms with E-state index in [1.807, 2.05) is 31.2 Å². The van der Waals surface area contributed by atoms with Gasteiger partial charge in [-0.15, -0.1) is 0 Å². The molecule has 0 atom stereocenters. The van der Waals surface area contributed by atoms with Crippen LogP contribution in [0.4, 0.5) is 4.39 Å². The van der Waals surface area contributed by atoms with Crippen LogP contribution in [0.5, 0.6) is 0 Å². The van der Waals surface area contributed by atoms with Crippen LogP contribution in [0.1, 0.15) is 63.1 Å². The third kappa shape index (κ3) is 4.87. The van der Waals surface area contributed by atoms with Crippen molar-refractivity contribution in [2.45, 2.75) is 65.2 Å². The Labute approximate surface area is 150 Å². The Morgan fingerprint density at radius 2 is 1.68 bits per heavy atom. The van der Waals surface area contributed by atoms with Crippen molar-refractivity contribution in [2.75, 3.05) is 0 Å². The predicted octanol–water partition coefficient (Wildman–Crippen LogP) is 6.13. The summed E-state index contributed by atoms with van der Waals surface area (Å²) < 4.78 is 14.5. The van der Waals surface area contributed by atoms with Crippen LogP contribution in [-0.4, -0.2) is 10.2 Å². The number of aryl methyl sites for hydroxylation is 2. The summed E-state index contributed by atoms with van der Waals surface area (Å²) >= 11 is 0. The SMILES string of the molecule is CCCC1CCC(CCc2ccc(-c3ccc(C)nn3)c(F)c2)CC1. The fourth-order valence-electron chi connectivity index (χ4n) is 4.05. The Balaban J connectivity index is 1.56. The van der Waals surface area contributed by atoms with Crippen molar-refractivity contribution < 1.29 is 4.39 Å². The second kappa shape index (κ2) is 8.55. The highest BCUT2D eigenvalue weighted by Crippen LogP contribution is 2.34. The van der Waals surface area contributed by atoms with Crippen molar-refractivity contribution in [3.05, 3.63) is 47.4 Å². The molecule has 1 heterocycles. The van der Waals surface area contributed by atoms with Crippen molar-refractivity contribution >= 4 is 0 Å². The van der Waals surface area contributed by atoms with Gasteiger partial charge in [-0.05, 0) is 61.4 Å². The molecule has 1 fully saturated rings. The molecule has 0 aliphatic heterocycles. The van der Waals surface area contributed by atoms with Gasteiger partial charge in [0.2, 0.25) is 0 Å². The molecule has 0 unspecified atom stereocenters. The molecule has 0 bridgehead atoms. The highest BCUT2D eigenvalue weighted by molar-refractivity contribution is 5.59. The van der Waals surface area contributed by atoms with Gasteiger partial charge in [0.15, 0.2) is 0 Å². The minimum absolute atomic E-state index is 0.192. The predicted molar refractivity (Wildman–Crippen MR) is 101 cm³/mol. The Bertz CT molecular complexity index is 673. The average Bonchev–Trinajstić information content (AvgIpc) is 2.62. The van der Waals surface area contributed by atoms with E-state index in [2.05, 4.69) is 17.1 Å². The molecule has 3 rings (SSSR count). The summed E-state index contributed by atoms with van der Waals surface area (Å²) in [6.45, 7) is 4.17. The maximum atomic E-state index is 14.5. The molecule has 1 aromatic carbocycles. The van der Waals surface area contributed by atoms with E-state index in [1.165, 1.54) is 44.9 Å². The van der Waals surface area contributed by atoms with Gasteiger partial charge in [0.05, 0.1) is 11.4 Å². The average molecular weight is 340 g/mol. The van der Waals surface area contributed by atoms with Crippen LogP contribution in [0.25, 0.3) is 11.3 Å². The second-order valence-corrected chi connectivity index (χ2v) is 7.59. The maximum absolute atomic E-state index is 14.5. The summed E-state index contributed by atoms with van der Waals surface area (Å²) in [5, 5.41) is 8.11. The Hall–Kier alpha value is -1.77. The van der Waals surface area contributed by atoms with Crippen LogP contribution < -0.4 is 0 Å². The zero-order chi connectivity index (χ0) is 17.6. The third-order valence-corrected chi connectivity index (χ3v) is 5.61. The number of hydrogen-bond donors (Lipinski definition) is 0. The van der Waals surface area contributed by atoms with Crippen molar-refractivity contribution in [1.82, 2.24) is 10.2 Å². The lowest BCUT2D eigenvalue weighted by Gasteiger charge is -2.28. The lowest BCUT2D eigenvalue weighted by molar-refractivity contribution is 0.252. The molecule has 2 aromatic rings. The zero-order valence-corrected chi connectivity index (χ0v) is 15.5. The van der Waals surface area contributed by atoms with Crippen molar-refractivity contribution in [3.63, 3.8) is 0 Å². The van der Waals surface area contributed by atoms with Crippen molar-refractivity contribution in [2.24, 2.45) is 11.8 Å². The first-order valence-electron chi connectivity index (χ1n) is 9.75. The zero-order valence-electron chi connectivity index (χ0n) is 15.5. The molecule has 0 N–H and O–H groups in total. The Morgan fingerprint density at radius 1 is 0.960 bits per heavy atom. The summed E-state index contributed by atoms with van der Waals surface area (Å²) in [5.74, 6) is 1.58. The number of hydrogen-bond acceptors (Lipinski definition) is 2. The normalized spacial score (nSPS) is 20.6. The molecule has 0 radical (unpaired) electrons. The first-order valence-corrected chi connectivity index (χ1v) is 9.75. The minimum Gasteiger partial charge on any atom is -0.206 e. The van der Waals surface area contributed by atoms with Crippen LogP contribution in [-0.2, 0) is 6.42 Å². The van der Waals surface area contributed by atoms with Gasteiger partial charge < -0.3 is 0 Å². The van der Waals surface area contributed by atoms with Crippen molar-refractivity contribution in [1.29, 1.82) is 0 Å². The van der Waals surface area contributed by atoms with E-state index in [9.17, 15) is 4.39 Å². The van der Waals surface area contributed by atoms with Gasteiger partial charge in [0.25, 0.3) is 0 Å². The molecular formula is C22H29FN2. The molecule has 2 nitrogen and oxygen atoms in total. The standard InChI is InChI=1S/C22H29FN2/c1-3-4-17-6-8-18(9-7-17)10-11-19-12-13-20(21(23)15-19)22-14-5-16(2)24-25-22/h5,12-15,17-18H,3-4,6-11H2,1-2H3. The van der Waals surface area contributed by atoms with Gasteiger partial charge in [0, 0.05) is 5.56 Å².